The number of nitrogens with zero attached hydrogens (tertiary/aromatic N) is 3. The molecule has 1 unspecified atom stereocenters. The Morgan fingerprint density at radius 2 is 2.00 bits per heavy atom. The lowest BCUT2D eigenvalue weighted by atomic mass is 9.96. The number of guanidine groups is 1. The molecule has 0 aromatic heterocycles. The Hall–Kier alpha value is -1.42. The fraction of sp³-hybridized carbons (Fsp3) is 0.579. The molecule has 1 fully saturated rings. The molecule has 2 rings (SSSR count). The van der Waals surface area contributed by atoms with Gasteiger partial charge in [-0.15, -0.1) is 24.0 Å². The summed E-state index contributed by atoms with van der Waals surface area (Å²) in [4.78, 5) is 20.6. The second-order valence-corrected chi connectivity index (χ2v) is 7.49. The molecule has 1 saturated heterocycles. The highest BCUT2D eigenvalue weighted by atomic mass is 127. The number of carbonyl (C=O) groups excluding carboxylic acids is 1. The summed E-state index contributed by atoms with van der Waals surface area (Å²) in [5, 5.41) is 13.3. The third-order valence-corrected chi connectivity index (χ3v) is 4.57. The zero-order chi connectivity index (χ0) is 19.5. The molecule has 0 saturated carbocycles. The van der Waals surface area contributed by atoms with E-state index in [2.05, 4.69) is 10.3 Å². The van der Waals surface area contributed by atoms with Gasteiger partial charge in [-0.05, 0) is 33.8 Å². The summed E-state index contributed by atoms with van der Waals surface area (Å²) in [6.45, 7) is 9.01. The average molecular weight is 492 g/mol. The number of halogens is 2. The molecule has 1 aliphatic heterocycles. The molecule has 0 spiro atoms. The van der Waals surface area contributed by atoms with Crippen LogP contribution in [0.5, 0.6) is 0 Å². The Balaban J connectivity index is 0.00000364. The van der Waals surface area contributed by atoms with Crippen molar-refractivity contribution in [3.05, 3.63) is 35.6 Å². The first-order valence-corrected chi connectivity index (χ1v) is 8.87. The summed E-state index contributed by atoms with van der Waals surface area (Å²) in [5.74, 6) is 0.109. The molecule has 1 amide bonds. The predicted molar refractivity (Wildman–Crippen MR) is 116 cm³/mol. The maximum Gasteiger partial charge on any atom is 0.242 e. The maximum atomic E-state index is 13.8. The van der Waals surface area contributed by atoms with Crippen LogP contribution in [0.2, 0.25) is 0 Å². The van der Waals surface area contributed by atoms with E-state index in [0.29, 0.717) is 12.5 Å². The van der Waals surface area contributed by atoms with Crippen LogP contribution in [0.3, 0.4) is 0 Å². The predicted octanol–water partition coefficient (Wildman–Crippen LogP) is 2.38. The molecule has 1 heterocycles. The topological polar surface area (TPSA) is 68.2 Å². The van der Waals surface area contributed by atoms with Crippen LogP contribution in [0.25, 0.3) is 0 Å². The summed E-state index contributed by atoms with van der Waals surface area (Å²) in [7, 11) is 1.63. The highest BCUT2D eigenvalue weighted by Gasteiger charge is 2.40. The maximum absolute atomic E-state index is 13.8. The molecular formula is C19H30FIN4O2. The van der Waals surface area contributed by atoms with Gasteiger partial charge in [-0.25, -0.2) is 4.39 Å². The molecule has 6 nitrogen and oxygen atoms in total. The van der Waals surface area contributed by atoms with Gasteiger partial charge in [0.05, 0.1) is 18.2 Å². The van der Waals surface area contributed by atoms with Crippen LogP contribution in [0.4, 0.5) is 4.39 Å². The van der Waals surface area contributed by atoms with Crippen LogP contribution in [-0.4, -0.2) is 65.0 Å². The van der Waals surface area contributed by atoms with Gasteiger partial charge >= 0.3 is 0 Å². The molecule has 27 heavy (non-hydrogen) atoms. The van der Waals surface area contributed by atoms with Crippen molar-refractivity contribution in [2.24, 2.45) is 4.99 Å². The van der Waals surface area contributed by atoms with Crippen LogP contribution in [-0.2, 0) is 4.79 Å². The molecular weight excluding hydrogens is 462 g/mol. The van der Waals surface area contributed by atoms with Crippen LogP contribution < -0.4 is 5.32 Å². The van der Waals surface area contributed by atoms with E-state index in [1.54, 1.807) is 25.2 Å². The van der Waals surface area contributed by atoms with E-state index in [9.17, 15) is 14.3 Å². The molecule has 1 atom stereocenters. The van der Waals surface area contributed by atoms with Crippen molar-refractivity contribution >= 4 is 35.8 Å². The van der Waals surface area contributed by atoms with E-state index in [-0.39, 0.29) is 60.1 Å². The van der Waals surface area contributed by atoms with E-state index in [0.717, 1.165) is 0 Å². The summed E-state index contributed by atoms with van der Waals surface area (Å²) >= 11 is 0. The average Bonchev–Trinajstić information content (AvgIpc) is 2.53. The monoisotopic (exact) mass is 492 g/mol. The number of carbonyl (C=O) groups is 1. The molecule has 0 aliphatic carbocycles. The number of benzene rings is 1. The van der Waals surface area contributed by atoms with Crippen molar-refractivity contribution in [3.8, 4) is 0 Å². The number of amides is 1. The lowest BCUT2D eigenvalue weighted by molar-refractivity contribution is -0.145. The van der Waals surface area contributed by atoms with Gasteiger partial charge in [0.1, 0.15) is 5.82 Å². The highest BCUT2D eigenvalue weighted by molar-refractivity contribution is 14.0. The number of aliphatic hydroxyl groups excluding tert-OH is 1. The molecule has 152 valence electrons. The van der Waals surface area contributed by atoms with Gasteiger partial charge in [0.2, 0.25) is 5.91 Å². The third kappa shape index (κ3) is 5.54. The van der Waals surface area contributed by atoms with Crippen molar-refractivity contribution in [3.63, 3.8) is 0 Å². The summed E-state index contributed by atoms with van der Waals surface area (Å²) in [6, 6.07) is 6.26. The van der Waals surface area contributed by atoms with Gasteiger partial charge in [-0.3, -0.25) is 9.79 Å². The van der Waals surface area contributed by atoms with E-state index < -0.39 is 11.9 Å². The van der Waals surface area contributed by atoms with Gasteiger partial charge in [-0.2, -0.15) is 0 Å². The molecule has 1 aromatic carbocycles. The number of aliphatic hydroxyl groups is 1. The largest absolute Gasteiger partial charge is 0.386 e. The normalized spacial score (nSPS) is 18.4. The minimum atomic E-state index is -1.01. The number of hydrogen-bond donors (Lipinski definition) is 2. The van der Waals surface area contributed by atoms with Gasteiger partial charge in [-0.1, -0.05) is 18.2 Å². The van der Waals surface area contributed by atoms with Crippen LogP contribution >= 0.6 is 24.0 Å². The van der Waals surface area contributed by atoms with Crippen LogP contribution in [0.15, 0.2) is 29.3 Å². The lowest BCUT2D eigenvalue weighted by Crippen LogP contribution is -2.66. The third-order valence-electron chi connectivity index (χ3n) is 4.57. The first kappa shape index (κ1) is 23.6. The Labute approximate surface area is 177 Å². The minimum absolute atomic E-state index is 0. The molecule has 8 heteroatoms. The van der Waals surface area contributed by atoms with Crippen LogP contribution in [0.1, 0.15) is 39.4 Å². The van der Waals surface area contributed by atoms with Gasteiger partial charge in [0.15, 0.2) is 5.96 Å². The Morgan fingerprint density at radius 3 is 2.52 bits per heavy atom. The second-order valence-electron chi connectivity index (χ2n) is 7.49. The van der Waals surface area contributed by atoms with E-state index >= 15 is 0 Å². The van der Waals surface area contributed by atoms with E-state index in [1.165, 1.54) is 6.07 Å². The fourth-order valence-corrected chi connectivity index (χ4v) is 3.69. The van der Waals surface area contributed by atoms with Crippen molar-refractivity contribution in [2.75, 3.05) is 26.7 Å². The number of piperazine rings is 1. The zero-order valence-electron chi connectivity index (χ0n) is 16.6. The van der Waals surface area contributed by atoms with Gasteiger partial charge in [0, 0.05) is 31.7 Å². The van der Waals surface area contributed by atoms with Gasteiger partial charge < -0.3 is 20.2 Å². The zero-order valence-corrected chi connectivity index (χ0v) is 18.9. The van der Waals surface area contributed by atoms with Crippen molar-refractivity contribution in [1.82, 2.24) is 15.1 Å². The minimum Gasteiger partial charge on any atom is -0.386 e. The highest BCUT2D eigenvalue weighted by Crippen LogP contribution is 2.24. The summed E-state index contributed by atoms with van der Waals surface area (Å²) in [6.07, 6.45) is -1.01. The van der Waals surface area contributed by atoms with Crippen LogP contribution in [0, 0.1) is 5.82 Å². The number of nitrogens with one attached hydrogen (secondary N) is 1. The van der Waals surface area contributed by atoms with Gasteiger partial charge in [0.25, 0.3) is 0 Å². The quantitative estimate of drug-likeness (QED) is 0.385. The summed E-state index contributed by atoms with van der Waals surface area (Å²) < 4.78 is 13.8. The number of hydrogen-bond acceptors (Lipinski definition) is 3. The second kappa shape index (κ2) is 9.68. The standard InChI is InChI=1S/C19H29FN4O2.HI/c1-13(2)24-17(26)11-23(12-19(24,3)4)18(21-5)22-10-16(25)14-8-6-7-9-15(14)20;/h6-9,13,16,25H,10-12H2,1-5H3,(H,21,22);1H. The smallest absolute Gasteiger partial charge is 0.242 e. The van der Waals surface area contributed by atoms with Crippen molar-refractivity contribution < 1.29 is 14.3 Å². The Bertz CT molecular complexity index is 681. The first-order chi connectivity index (χ1) is 12.2. The lowest BCUT2D eigenvalue weighted by Gasteiger charge is -2.49. The number of aliphatic imine (C=N–C) groups is 1. The molecule has 1 aromatic rings. The molecule has 1 aliphatic rings. The Morgan fingerprint density at radius 1 is 1.37 bits per heavy atom. The SMILES string of the molecule is CN=C(NCC(O)c1ccccc1F)N1CC(=O)N(C(C)C)C(C)(C)C1.I. The Kier molecular flexibility index (Phi) is 8.47. The first-order valence-electron chi connectivity index (χ1n) is 8.87. The summed E-state index contributed by atoms with van der Waals surface area (Å²) in [5.41, 5.74) is -0.109. The number of rotatable bonds is 4. The molecule has 2 N–H and O–H groups in total. The van der Waals surface area contributed by atoms with Crippen molar-refractivity contribution in [2.45, 2.75) is 45.4 Å². The van der Waals surface area contributed by atoms with E-state index in [4.69, 9.17) is 0 Å². The molecule has 0 bridgehead atoms. The molecule has 0 radical (unpaired) electrons. The fourth-order valence-electron chi connectivity index (χ4n) is 3.69. The van der Waals surface area contributed by atoms with Crippen molar-refractivity contribution in [1.29, 1.82) is 0 Å². The van der Waals surface area contributed by atoms with E-state index in [1.807, 2.05) is 37.5 Å².